The first kappa shape index (κ1) is 22.5. The molecule has 1 N–H and O–H groups in total. The first-order valence-electron chi connectivity index (χ1n) is 9.98. The molecule has 0 bridgehead atoms. The van der Waals surface area contributed by atoms with Gasteiger partial charge in [-0.25, -0.2) is 4.98 Å². The third-order valence-electron chi connectivity index (χ3n) is 5.23. The van der Waals surface area contributed by atoms with Crippen molar-refractivity contribution in [1.82, 2.24) is 9.55 Å². The van der Waals surface area contributed by atoms with Gasteiger partial charge in [-0.1, -0.05) is 12.1 Å². The van der Waals surface area contributed by atoms with Crippen LogP contribution in [0.5, 0.6) is 17.4 Å². The van der Waals surface area contributed by atoms with Gasteiger partial charge in [-0.3, -0.25) is 0 Å². The number of hydrogen-bond donors (Lipinski definition) is 1. The van der Waals surface area contributed by atoms with E-state index in [9.17, 15) is 18.3 Å². The van der Waals surface area contributed by atoms with Crippen LogP contribution in [0.3, 0.4) is 0 Å². The smallest absolute Gasteiger partial charge is 0.497 e. The van der Waals surface area contributed by atoms with E-state index in [4.69, 9.17) is 9.47 Å². The van der Waals surface area contributed by atoms with Crippen LogP contribution >= 0.6 is 0 Å². The predicted octanol–water partition coefficient (Wildman–Crippen LogP) is 5.16. The lowest BCUT2D eigenvalue weighted by Crippen LogP contribution is -2.17. The molecule has 4 aromatic rings. The Hall–Kier alpha value is -3.72. The normalized spacial score (nSPS) is 11.6. The zero-order chi connectivity index (χ0) is 23.6. The molecule has 4 rings (SSSR count). The number of pyridine rings is 1. The SMILES string of the molecule is COc1cccc(Cn2c(CO)c(-c3ccc(OC)nc3)c3cc(OC(F)(F)F)ccc32)c1. The summed E-state index contributed by atoms with van der Waals surface area (Å²) >= 11 is 0. The molecular weight excluding hydrogens is 437 g/mol. The molecule has 0 radical (unpaired) electrons. The number of fused-ring (bicyclic) bond motifs is 1. The third-order valence-corrected chi connectivity index (χ3v) is 5.23. The zero-order valence-corrected chi connectivity index (χ0v) is 17.9. The van der Waals surface area contributed by atoms with E-state index in [-0.39, 0.29) is 12.4 Å². The van der Waals surface area contributed by atoms with Gasteiger partial charge in [0.25, 0.3) is 0 Å². The highest BCUT2D eigenvalue weighted by Gasteiger charge is 2.31. The first-order valence-corrected chi connectivity index (χ1v) is 9.98. The molecule has 6 nitrogen and oxygen atoms in total. The summed E-state index contributed by atoms with van der Waals surface area (Å²) in [6.45, 7) is 0.0299. The maximum atomic E-state index is 12.9. The molecule has 2 aromatic carbocycles. The number of methoxy groups -OCH3 is 2. The number of aliphatic hydroxyl groups excluding tert-OH is 1. The van der Waals surface area contributed by atoms with Gasteiger partial charge in [-0.05, 0) is 42.0 Å². The van der Waals surface area contributed by atoms with Gasteiger partial charge in [-0.15, -0.1) is 13.2 Å². The number of ether oxygens (including phenoxy) is 3. The standard InChI is InChI=1S/C24H21F3N2O4/c1-31-17-5-3-4-15(10-17)13-29-20-8-7-18(33-24(25,26)27)11-19(20)23(21(29)14-30)16-6-9-22(32-2)28-12-16/h3-12,30H,13-14H2,1-2H3. The van der Waals surface area contributed by atoms with Crippen LogP contribution in [0, 0.1) is 0 Å². The summed E-state index contributed by atoms with van der Waals surface area (Å²) in [4.78, 5) is 4.21. The summed E-state index contributed by atoms with van der Waals surface area (Å²) in [5, 5.41) is 10.8. The van der Waals surface area contributed by atoms with Crippen molar-refractivity contribution < 1.29 is 32.5 Å². The molecule has 0 fully saturated rings. The lowest BCUT2D eigenvalue weighted by Gasteiger charge is -2.12. The molecule has 0 saturated heterocycles. The fraction of sp³-hybridized carbons (Fsp3) is 0.208. The van der Waals surface area contributed by atoms with Gasteiger partial charge < -0.3 is 23.9 Å². The molecule has 0 atom stereocenters. The van der Waals surface area contributed by atoms with Crippen LogP contribution in [0.4, 0.5) is 13.2 Å². The minimum atomic E-state index is -4.82. The minimum Gasteiger partial charge on any atom is -0.497 e. The van der Waals surface area contributed by atoms with Crippen molar-refractivity contribution in [1.29, 1.82) is 0 Å². The summed E-state index contributed by atoms with van der Waals surface area (Å²) < 4.78 is 55.0. The van der Waals surface area contributed by atoms with Crippen LogP contribution in [0.2, 0.25) is 0 Å². The Kier molecular flexibility index (Phi) is 6.15. The van der Waals surface area contributed by atoms with Crippen molar-refractivity contribution in [3.05, 3.63) is 72.1 Å². The lowest BCUT2D eigenvalue weighted by atomic mass is 10.0. The van der Waals surface area contributed by atoms with Crippen molar-refractivity contribution in [3.8, 4) is 28.5 Å². The number of halogens is 3. The fourth-order valence-electron chi connectivity index (χ4n) is 3.85. The van der Waals surface area contributed by atoms with E-state index in [0.29, 0.717) is 45.9 Å². The van der Waals surface area contributed by atoms with E-state index in [1.807, 2.05) is 28.8 Å². The summed E-state index contributed by atoms with van der Waals surface area (Å²) in [7, 11) is 3.06. The Labute approximate surface area is 187 Å². The summed E-state index contributed by atoms with van der Waals surface area (Å²) in [6.07, 6.45) is -3.27. The number of hydrogen-bond acceptors (Lipinski definition) is 5. The maximum absolute atomic E-state index is 12.9. The summed E-state index contributed by atoms with van der Waals surface area (Å²) in [6, 6.07) is 15.0. The molecule has 0 amide bonds. The quantitative estimate of drug-likeness (QED) is 0.415. The molecule has 2 aromatic heterocycles. The highest BCUT2D eigenvalue weighted by Crippen LogP contribution is 2.38. The molecule has 0 spiro atoms. The maximum Gasteiger partial charge on any atom is 0.573 e. The topological polar surface area (TPSA) is 65.7 Å². The second-order valence-electron chi connectivity index (χ2n) is 7.23. The van der Waals surface area contributed by atoms with Gasteiger partial charge in [0.1, 0.15) is 11.5 Å². The Morgan fingerprint density at radius 2 is 1.79 bits per heavy atom. The summed E-state index contributed by atoms with van der Waals surface area (Å²) in [5.74, 6) is 0.723. The Morgan fingerprint density at radius 1 is 0.970 bits per heavy atom. The molecule has 33 heavy (non-hydrogen) atoms. The van der Waals surface area contributed by atoms with Gasteiger partial charge >= 0.3 is 6.36 Å². The van der Waals surface area contributed by atoms with E-state index < -0.39 is 6.36 Å². The van der Waals surface area contributed by atoms with Gasteiger partial charge in [0, 0.05) is 40.8 Å². The molecule has 9 heteroatoms. The van der Waals surface area contributed by atoms with Gasteiger partial charge in [0.15, 0.2) is 0 Å². The Balaban J connectivity index is 1.92. The second-order valence-corrected chi connectivity index (χ2v) is 7.23. The van der Waals surface area contributed by atoms with Gasteiger partial charge in [-0.2, -0.15) is 0 Å². The predicted molar refractivity (Wildman–Crippen MR) is 116 cm³/mol. The average molecular weight is 458 g/mol. The van der Waals surface area contributed by atoms with Crippen molar-refractivity contribution in [3.63, 3.8) is 0 Å². The van der Waals surface area contributed by atoms with Gasteiger partial charge in [0.2, 0.25) is 5.88 Å². The molecule has 172 valence electrons. The lowest BCUT2D eigenvalue weighted by molar-refractivity contribution is -0.274. The second kappa shape index (κ2) is 9.03. The van der Waals surface area contributed by atoms with Crippen molar-refractivity contribution >= 4 is 10.9 Å². The molecule has 0 saturated carbocycles. The van der Waals surface area contributed by atoms with Gasteiger partial charge in [0.05, 0.1) is 26.5 Å². The number of rotatable bonds is 7. The Bertz CT molecular complexity index is 1270. The molecule has 0 unspecified atom stereocenters. The summed E-state index contributed by atoms with van der Waals surface area (Å²) in [5.41, 5.74) is 3.26. The highest BCUT2D eigenvalue weighted by molar-refractivity contribution is 5.99. The van der Waals surface area contributed by atoms with Crippen molar-refractivity contribution in [2.45, 2.75) is 19.5 Å². The van der Waals surface area contributed by atoms with Crippen LogP contribution in [0.1, 0.15) is 11.3 Å². The Morgan fingerprint density at radius 3 is 2.42 bits per heavy atom. The van der Waals surface area contributed by atoms with Crippen LogP contribution < -0.4 is 14.2 Å². The van der Waals surface area contributed by atoms with E-state index in [2.05, 4.69) is 9.72 Å². The molecule has 2 heterocycles. The molecular formula is C24H21F3N2O4. The zero-order valence-electron chi connectivity index (χ0n) is 17.9. The van der Waals surface area contributed by atoms with Crippen LogP contribution in [0.25, 0.3) is 22.0 Å². The van der Waals surface area contributed by atoms with E-state index in [1.54, 1.807) is 31.5 Å². The first-order chi connectivity index (χ1) is 15.8. The highest BCUT2D eigenvalue weighted by atomic mass is 19.4. The largest absolute Gasteiger partial charge is 0.573 e. The van der Waals surface area contributed by atoms with E-state index in [0.717, 1.165) is 5.56 Å². The monoisotopic (exact) mass is 458 g/mol. The van der Waals surface area contributed by atoms with Crippen molar-refractivity contribution in [2.75, 3.05) is 14.2 Å². The molecule has 0 aliphatic rings. The van der Waals surface area contributed by atoms with Crippen molar-refractivity contribution in [2.24, 2.45) is 0 Å². The minimum absolute atomic E-state index is 0.338. The van der Waals surface area contributed by atoms with Crippen LogP contribution in [-0.4, -0.2) is 35.2 Å². The van der Waals surface area contributed by atoms with Crippen LogP contribution in [0.15, 0.2) is 60.8 Å². The fourth-order valence-corrected chi connectivity index (χ4v) is 3.85. The van der Waals surface area contributed by atoms with Crippen LogP contribution in [-0.2, 0) is 13.2 Å². The van der Waals surface area contributed by atoms with E-state index >= 15 is 0 Å². The van der Waals surface area contributed by atoms with E-state index in [1.165, 1.54) is 19.2 Å². The number of alkyl halides is 3. The third kappa shape index (κ3) is 4.73. The number of nitrogens with zero attached hydrogens (tertiary/aromatic N) is 2. The molecule has 0 aliphatic heterocycles. The number of benzene rings is 2. The number of aromatic nitrogens is 2. The average Bonchev–Trinajstić information content (AvgIpc) is 3.10. The molecule has 0 aliphatic carbocycles. The number of aliphatic hydroxyl groups is 1.